The number of halogens is 1. The third-order valence-electron chi connectivity index (χ3n) is 2.68. The van der Waals surface area contributed by atoms with Crippen LogP contribution in [0.3, 0.4) is 0 Å². The number of anilines is 1. The van der Waals surface area contributed by atoms with E-state index in [2.05, 4.69) is 26.2 Å². The van der Waals surface area contributed by atoms with Crippen molar-refractivity contribution in [1.82, 2.24) is 4.98 Å². The van der Waals surface area contributed by atoms with Crippen LogP contribution in [-0.4, -0.2) is 10.9 Å². The summed E-state index contributed by atoms with van der Waals surface area (Å²) in [6.07, 6.45) is 1.66. The summed E-state index contributed by atoms with van der Waals surface area (Å²) in [5, 5.41) is 2.80. The second-order valence-corrected chi connectivity index (χ2v) is 4.94. The molecule has 4 heteroatoms. The lowest BCUT2D eigenvalue weighted by atomic mass is 10.1. The standard InChI is InChI=1S/C14H13BrN2O/c1-9-5-6-11(8-12(9)15)14(18)17-13-10(2)4-3-7-16-13/h3-8H,1-2H3,(H,16,17,18). The van der Waals surface area contributed by atoms with Gasteiger partial charge in [0.2, 0.25) is 0 Å². The Morgan fingerprint density at radius 2 is 2.00 bits per heavy atom. The molecule has 1 amide bonds. The molecule has 0 unspecified atom stereocenters. The minimum atomic E-state index is -0.155. The molecular weight excluding hydrogens is 292 g/mol. The van der Waals surface area contributed by atoms with Crippen molar-refractivity contribution in [2.24, 2.45) is 0 Å². The van der Waals surface area contributed by atoms with Gasteiger partial charge in [-0.25, -0.2) is 4.98 Å². The first-order valence-electron chi connectivity index (χ1n) is 5.57. The quantitative estimate of drug-likeness (QED) is 0.919. The zero-order valence-corrected chi connectivity index (χ0v) is 11.8. The van der Waals surface area contributed by atoms with Crippen LogP contribution in [0.1, 0.15) is 21.5 Å². The lowest BCUT2D eigenvalue weighted by molar-refractivity contribution is 0.102. The number of benzene rings is 1. The lowest BCUT2D eigenvalue weighted by Gasteiger charge is -2.07. The molecule has 3 nitrogen and oxygen atoms in total. The Morgan fingerprint density at radius 3 is 2.67 bits per heavy atom. The molecule has 1 aromatic carbocycles. The molecule has 2 aromatic rings. The van der Waals surface area contributed by atoms with Crippen LogP contribution in [0.15, 0.2) is 41.0 Å². The number of nitrogens with zero attached hydrogens (tertiary/aromatic N) is 1. The normalized spacial score (nSPS) is 10.2. The molecule has 0 radical (unpaired) electrons. The van der Waals surface area contributed by atoms with Gasteiger partial charge in [0.05, 0.1) is 0 Å². The van der Waals surface area contributed by atoms with Crippen molar-refractivity contribution >= 4 is 27.7 Å². The van der Waals surface area contributed by atoms with E-state index in [1.807, 2.05) is 38.1 Å². The van der Waals surface area contributed by atoms with Gasteiger partial charge in [-0.05, 0) is 43.2 Å². The molecule has 0 aliphatic rings. The van der Waals surface area contributed by atoms with Gasteiger partial charge in [-0.2, -0.15) is 0 Å². The summed E-state index contributed by atoms with van der Waals surface area (Å²) >= 11 is 3.42. The molecule has 0 fully saturated rings. The van der Waals surface area contributed by atoms with Gasteiger partial charge in [-0.1, -0.05) is 28.1 Å². The Hall–Kier alpha value is -1.68. The average Bonchev–Trinajstić information content (AvgIpc) is 2.35. The predicted molar refractivity (Wildman–Crippen MR) is 75.8 cm³/mol. The van der Waals surface area contributed by atoms with E-state index in [4.69, 9.17) is 0 Å². The molecule has 1 N–H and O–H groups in total. The number of carbonyl (C=O) groups is 1. The van der Waals surface area contributed by atoms with Gasteiger partial charge in [-0.15, -0.1) is 0 Å². The third-order valence-corrected chi connectivity index (χ3v) is 3.53. The maximum Gasteiger partial charge on any atom is 0.256 e. The van der Waals surface area contributed by atoms with E-state index in [0.717, 1.165) is 15.6 Å². The fourth-order valence-corrected chi connectivity index (χ4v) is 1.91. The van der Waals surface area contributed by atoms with Crippen molar-refractivity contribution < 1.29 is 4.79 Å². The topological polar surface area (TPSA) is 42.0 Å². The van der Waals surface area contributed by atoms with Crippen molar-refractivity contribution in [3.63, 3.8) is 0 Å². The minimum absolute atomic E-state index is 0.155. The van der Waals surface area contributed by atoms with E-state index in [9.17, 15) is 4.79 Å². The van der Waals surface area contributed by atoms with Crippen molar-refractivity contribution in [3.8, 4) is 0 Å². The van der Waals surface area contributed by atoms with Gasteiger partial charge < -0.3 is 5.32 Å². The fraction of sp³-hybridized carbons (Fsp3) is 0.143. The molecule has 2 rings (SSSR count). The van der Waals surface area contributed by atoms with Gasteiger partial charge in [0.25, 0.3) is 5.91 Å². The van der Waals surface area contributed by atoms with E-state index in [0.29, 0.717) is 11.4 Å². The van der Waals surface area contributed by atoms with Crippen LogP contribution in [0.5, 0.6) is 0 Å². The second-order valence-electron chi connectivity index (χ2n) is 4.09. The van der Waals surface area contributed by atoms with Gasteiger partial charge in [-0.3, -0.25) is 4.79 Å². The van der Waals surface area contributed by atoms with Crippen LogP contribution in [0.25, 0.3) is 0 Å². The van der Waals surface area contributed by atoms with E-state index in [1.165, 1.54) is 0 Å². The molecule has 0 spiro atoms. The minimum Gasteiger partial charge on any atom is -0.306 e. The van der Waals surface area contributed by atoms with E-state index >= 15 is 0 Å². The summed E-state index contributed by atoms with van der Waals surface area (Å²) < 4.78 is 0.924. The number of aromatic nitrogens is 1. The SMILES string of the molecule is Cc1ccc(C(=O)Nc2ncccc2C)cc1Br. The molecule has 1 heterocycles. The zero-order valence-electron chi connectivity index (χ0n) is 10.2. The first-order valence-corrected chi connectivity index (χ1v) is 6.36. The number of nitrogens with one attached hydrogen (secondary N) is 1. The second kappa shape index (κ2) is 5.31. The highest BCUT2D eigenvalue weighted by molar-refractivity contribution is 9.10. The Balaban J connectivity index is 2.22. The molecule has 0 aliphatic carbocycles. The maximum atomic E-state index is 12.1. The van der Waals surface area contributed by atoms with Gasteiger partial charge in [0, 0.05) is 16.2 Å². The highest BCUT2D eigenvalue weighted by atomic mass is 79.9. The van der Waals surface area contributed by atoms with E-state index in [-0.39, 0.29) is 5.91 Å². The van der Waals surface area contributed by atoms with Crippen LogP contribution in [0.4, 0.5) is 5.82 Å². The summed E-state index contributed by atoms with van der Waals surface area (Å²) in [5.41, 5.74) is 2.65. The van der Waals surface area contributed by atoms with Gasteiger partial charge >= 0.3 is 0 Å². The molecule has 1 aromatic heterocycles. The van der Waals surface area contributed by atoms with Crippen molar-refractivity contribution in [2.75, 3.05) is 5.32 Å². The molecular formula is C14H13BrN2O. The Kier molecular flexibility index (Phi) is 3.77. The van der Waals surface area contributed by atoms with Crippen molar-refractivity contribution in [3.05, 3.63) is 57.7 Å². The number of carbonyl (C=O) groups excluding carboxylic acids is 1. The average molecular weight is 305 g/mol. The smallest absolute Gasteiger partial charge is 0.256 e. The number of aryl methyl sites for hydroxylation is 2. The predicted octanol–water partition coefficient (Wildman–Crippen LogP) is 3.71. The first kappa shape index (κ1) is 12.8. The number of hydrogen-bond donors (Lipinski definition) is 1. The summed E-state index contributed by atoms with van der Waals surface area (Å²) in [6, 6.07) is 9.27. The maximum absolute atomic E-state index is 12.1. The largest absolute Gasteiger partial charge is 0.306 e. The Morgan fingerprint density at radius 1 is 1.22 bits per heavy atom. The summed E-state index contributed by atoms with van der Waals surface area (Å²) in [7, 11) is 0. The fourth-order valence-electron chi connectivity index (χ4n) is 1.53. The highest BCUT2D eigenvalue weighted by Gasteiger charge is 2.09. The zero-order chi connectivity index (χ0) is 13.1. The van der Waals surface area contributed by atoms with Gasteiger partial charge in [0.15, 0.2) is 0 Å². The molecule has 0 aliphatic heterocycles. The number of amides is 1. The summed E-state index contributed by atoms with van der Waals surface area (Å²) in [4.78, 5) is 16.2. The van der Waals surface area contributed by atoms with Crippen LogP contribution < -0.4 is 5.32 Å². The molecule has 92 valence electrons. The monoisotopic (exact) mass is 304 g/mol. The van der Waals surface area contributed by atoms with Crippen LogP contribution in [0, 0.1) is 13.8 Å². The molecule has 0 saturated heterocycles. The lowest BCUT2D eigenvalue weighted by Crippen LogP contribution is -2.13. The van der Waals surface area contributed by atoms with E-state index < -0.39 is 0 Å². The molecule has 18 heavy (non-hydrogen) atoms. The number of pyridine rings is 1. The third kappa shape index (κ3) is 2.76. The summed E-state index contributed by atoms with van der Waals surface area (Å²) in [6.45, 7) is 3.89. The van der Waals surface area contributed by atoms with E-state index in [1.54, 1.807) is 12.3 Å². The van der Waals surface area contributed by atoms with Crippen molar-refractivity contribution in [2.45, 2.75) is 13.8 Å². The number of rotatable bonds is 2. The van der Waals surface area contributed by atoms with Crippen LogP contribution in [0.2, 0.25) is 0 Å². The van der Waals surface area contributed by atoms with Crippen LogP contribution >= 0.6 is 15.9 Å². The Bertz CT molecular complexity index is 596. The first-order chi connectivity index (χ1) is 8.58. The molecule has 0 saturated carbocycles. The molecule has 0 atom stereocenters. The van der Waals surface area contributed by atoms with Crippen molar-refractivity contribution in [1.29, 1.82) is 0 Å². The summed E-state index contributed by atoms with van der Waals surface area (Å²) in [5.74, 6) is 0.441. The highest BCUT2D eigenvalue weighted by Crippen LogP contribution is 2.18. The number of hydrogen-bond acceptors (Lipinski definition) is 2. The Labute approximate surface area is 114 Å². The van der Waals surface area contributed by atoms with Crippen LogP contribution in [-0.2, 0) is 0 Å². The molecule has 0 bridgehead atoms. The van der Waals surface area contributed by atoms with Gasteiger partial charge in [0.1, 0.15) is 5.82 Å².